The quantitative estimate of drug-likeness (QED) is 0.849. The zero-order valence-electron chi connectivity index (χ0n) is 10.5. The van der Waals surface area contributed by atoms with Crippen molar-refractivity contribution in [2.45, 2.75) is 31.2 Å². The first-order chi connectivity index (χ1) is 8.13. The Kier molecular flexibility index (Phi) is 2.67. The van der Waals surface area contributed by atoms with Crippen molar-refractivity contribution in [3.8, 4) is 0 Å². The molecule has 0 aliphatic heterocycles. The van der Waals surface area contributed by atoms with Gasteiger partial charge in [0.05, 0.1) is 6.04 Å². The van der Waals surface area contributed by atoms with Crippen molar-refractivity contribution in [3.63, 3.8) is 0 Å². The molecule has 3 atom stereocenters. The van der Waals surface area contributed by atoms with Crippen LogP contribution >= 0.6 is 0 Å². The number of hydrogen-bond donors (Lipinski definition) is 1. The molecule has 0 aromatic carbocycles. The van der Waals surface area contributed by atoms with E-state index in [-0.39, 0.29) is 6.04 Å². The summed E-state index contributed by atoms with van der Waals surface area (Å²) in [7, 11) is 3.98. The molecule has 0 spiro atoms. The van der Waals surface area contributed by atoms with Gasteiger partial charge in [0.1, 0.15) is 0 Å². The molecule has 0 amide bonds. The monoisotopic (exact) mass is 236 g/mol. The summed E-state index contributed by atoms with van der Waals surface area (Å²) in [4.78, 5) is 6.50. The van der Waals surface area contributed by atoms with Crippen molar-refractivity contribution in [3.05, 3.63) is 11.7 Å². The van der Waals surface area contributed by atoms with E-state index in [1.807, 2.05) is 19.0 Å². The average molecular weight is 236 g/mol. The van der Waals surface area contributed by atoms with E-state index < -0.39 is 0 Å². The maximum atomic E-state index is 6.02. The van der Waals surface area contributed by atoms with Gasteiger partial charge in [0.25, 0.3) is 0 Å². The first-order valence-corrected chi connectivity index (χ1v) is 6.37. The summed E-state index contributed by atoms with van der Waals surface area (Å²) in [5.74, 6) is 3.82. The predicted molar refractivity (Wildman–Crippen MR) is 63.4 cm³/mol. The molecule has 1 aromatic heterocycles. The molecule has 0 radical (unpaired) electrons. The largest absolute Gasteiger partial charge is 0.339 e. The summed E-state index contributed by atoms with van der Waals surface area (Å²) in [5, 5.41) is 4.02. The van der Waals surface area contributed by atoms with Crippen LogP contribution in [0.4, 0.5) is 0 Å². The Hall–Kier alpha value is -0.940. The smallest absolute Gasteiger partial charge is 0.229 e. The predicted octanol–water partition coefficient (Wildman–Crippen LogP) is 1.14. The van der Waals surface area contributed by atoms with E-state index in [2.05, 4.69) is 10.1 Å². The van der Waals surface area contributed by atoms with Crippen LogP contribution in [0.25, 0.3) is 0 Å². The summed E-state index contributed by atoms with van der Waals surface area (Å²) < 4.78 is 5.36. The van der Waals surface area contributed by atoms with Crippen molar-refractivity contribution in [1.29, 1.82) is 0 Å². The molecule has 0 bridgehead atoms. The number of aromatic nitrogens is 2. The molecular weight excluding hydrogens is 216 g/mol. The third kappa shape index (κ3) is 2.21. The van der Waals surface area contributed by atoms with Gasteiger partial charge in [-0.3, -0.25) is 0 Å². The number of likely N-dealkylation sites (N-methyl/N-ethyl adjacent to an activating group) is 1. The lowest BCUT2D eigenvalue weighted by Crippen LogP contribution is -2.26. The van der Waals surface area contributed by atoms with Crippen LogP contribution in [0.1, 0.15) is 42.9 Å². The summed E-state index contributed by atoms with van der Waals surface area (Å²) in [6, 6.07) is -0.154. The third-order valence-corrected chi connectivity index (χ3v) is 3.94. The van der Waals surface area contributed by atoms with E-state index in [0.717, 1.165) is 24.3 Å². The minimum atomic E-state index is -0.154. The molecule has 2 aliphatic carbocycles. The number of nitrogens with two attached hydrogens (primary N) is 1. The van der Waals surface area contributed by atoms with Crippen LogP contribution in [0.2, 0.25) is 0 Å². The minimum Gasteiger partial charge on any atom is -0.339 e. The summed E-state index contributed by atoms with van der Waals surface area (Å²) >= 11 is 0. The second-order valence-electron chi connectivity index (χ2n) is 5.78. The molecule has 17 heavy (non-hydrogen) atoms. The van der Waals surface area contributed by atoms with Crippen LogP contribution < -0.4 is 5.73 Å². The van der Waals surface area contributed by atoms with E-state index in [1.54, 1.807) is 0 Å². The van der Waals surface area contributed by atoms with Crippen molar-refractivity contribution < 1.29 is 4.52 Å². The highest BCUT2D eigenvalue weighted by molar-refractivity contribution is 5.07. The molecular formula is C12H20N4O. The first kappa shape index (κ1) is 11.2. The van der Waals surface area contributed by atoms with Crippen LogP contribution in [-0.4, -0.2) is 35.7 Å². The molecule has 3 rings (SSSR count). The highest BCUT2D eigenvalue weighted by Gasteiger charge is 2.47. The Morgan fingerprint density at radius 1 is 1.35 bits per heavy atom. The van der Waals surface area contributed by atoms with E-state index in [9.17, 15) is 0 Å². The molecule has 2 aliphatic rings. The fourth-order valence-electron chi connectivity index (χ4n) is 2.96. The van der Waals surface area contributed by atoms with Crippen molar-refractivity contribution in [1.82, 2.24) is 15.0 Å². The Morgan fingerprint density at radius 3 is 2.71 bits per heavy atom. The zero-order chi connectivity index (χ0) is 12.0. The lowest BCUT2D eigenvalue weighted by Gasteiger charge is -2.13. The molecule has 1 aromatic rings. The molecule has 2 saturated carbocycles. The topological polar surface area (TPSA) is 68.2 Å². The highest BCUT2D eigenvalue weighted by atomic mass is 16.5. The van der Waals surface area contributed by atoms with E-state index in [1.165, 1.54) is 19.3 Å². The van der Waals surface area contributed by atoms with Crippen molar-refractivity contribution in [2.75, 3.05) is 20.6 Å². The van der Waals surface area contributed by atoms with Crippen LogP contribution in [0.3, 0.4) is 0 Å². The van der Waals surface area contributed by atoms with Crippen LogP contribution in [-0.2, 0) is 0 Å². The molecule has 5 heteroatoms. The van der Waals surface area contributed by atoms with Gasteiger partial charge < -0.3 is 15.2 Å². The fourth-order valence-corrected chi connectivity index (χ4v) is 2.96. The zero-order valence-corrected chi connectivity index (χ0v) is 10.5. The second kappa shape index (κ2) is 4.07. The standard InChI is InChI=1S/C12H20N4O/c1-16(2)6-10(13)11-14-12(17-15-11)9-4-7-3-8(7)5-9/h7-10H,3-6,13H2,1-2H3. The molecule has 0 saturated heterocycles. The van der Waals surface area contributed by atoms with Gasteiger partial charge in [-0.25, -0.2) is 0 Å². The Balaban J connectivity index is 1.65. The summed E-state index contributed by atoms with van der Waals surface area (Å²) in [6.45, 7) is 0.745. The SMILES string of the molecule is CN(C)CC(N)c1noc(C2CC3CC3C2)n1. The van der Waals surface area contributed by atoms with Gasteiger partial charge in [0.15, 0.2) is 5.82 Å². The molecule has 1 heterocycles. The molecule has 3 unspecified atom stereocenters. The Morgan fingerprint density at radius 2 is 2.06 bits per heavy atom. The van der Waals surface area contributed by atoms with Gasteiger partial charge >= 0.3 is 0 Å². The van der Waals surface area contributed by atoms with Crippen molar-refractivity contribution >= 4 is 0 Å². The first-order valence-electron chi connectivity index (χ1n) is 6.37. The van der Waals surface area contributed by atoms with Crippen LogP contribution in [0, 0.1) is 11.8 Å². The highest BCUT2D eigenvalue weighted by Crippen LogP contribution is 2.57. The maximum absolute atomic E-state index is 6.02. The van der Waals surface area contributed by atoms with Crippen LogP contribution in [0.5, 0.6) is 0 Å². The van der Waals surface area contributed by atoms with E-state index in [4.69, 9.17) is 10.3 Å². The van der Waals surface area contributed by atoms with Gasteiger partial charge in [-0.2, -0.15) is 4.98 Å². The third-order valence-electron chi connectivity index (χ3n) is 3.94. The van der Waals surface area contributed by atoms with E-state index >= 15 is 0 Å². The second-order valence-corrected chi connectivity index (χ2v) is 5.78. The summed E-state index contributed by atoms with van der Waals surface area (Å²) in [6.07, 6.45) is 3.88. The average Bonchev–Trinajstić information content (AvgIpc) is 2.75. The van der Waals surface area contributed by atoms with Gasteiger partial charge in [0, 0.05) is 12.5 Å². The van der Waals surface area contributed by atoms with Crippen LogP contribution in [0.15, 0.2) is 4.52 Å². The number of rotatable bonds is 4. The number of hydrogen-bond acceptors (Lipinski definition) is 5. The Bertz CT molecular complexity index is 393. The fraction of sp³-hybridized carbons (Fsp3) is 0.833. The van der Waals surface area contributed by atoms with Crippen molar-refractivity contribution in [2.24, 2.45) is 17.6 Å². The molecule has 2 N–H and O–H groups in total. The molecule has 2 fully saturated rings. The summed E-state index contributed by atoms with van der Waals surface area (Å²) in [5.41, 5.74) is 6.02. The number of fused-ring (bicyclic) bond motifs is 1. The minimum absolute atomic E-state index is 0.154. The molecule has 94 valence electrons. The Labute approximate surface area is 101 Å². The lowest BCUT2D eigenvalue weighted by atomic mass is 10.0. The van der Waals surface area contributed by atoms with E-state index in [0.29, 0.717) is 11.7 Å². The normalized spacial score (nSPS) is 32.8. The molecule has 5 nitrogen and oxygen atoms in total. The lowest BCUT2D eigenvalue weighted by molar-refractivity contribution is 0.331. The van der Waals surface area contributed by atoms with Gasteiger partial charge in [-0.05, 0) is 45.2 Å². The maximum Gasteiger partial charge on any atom is 0.229 e. The van der Waals surface area contributed by atoms with Gasteiger partial charge in [-0.15, -0.1) is 0 Å². The van der Waals surface area contributed by atoms with Gasteiger partial charge in [0.2, 0.25) is 5.89 Å². The van der Waals surface area contributed by atoms with Gasteiger partial charge in [-0.1, -0.05) is 5.16 Å². The number of nitrogens with zero attached hydrogens (tertiary/aromatic N) is 3.